The topological polar surface area (TPSA) is 70.8 Å². The molecule has 1 aromatic heterocycles. The van der Waals surface area contributed by atoms with Gasteiger partial charge in [0.2, 0.25) is 5.76 Å². The molecule has 3 aromatic carbocycles. The second kappa shape index (κ2) is 8.03. The number of hydrogen-bond donors (Lipinski definition) is 0. The van der Waals surface area contributed by atoms with Crippen LogP contribution in [0.15, 0.2) is 75.9 Å². The van der Waals surface area contributed by atoms with Crippen molar-refractivity contribution >= 4 is 40.1 Å². The first kappa shape index (κ1) is 22.5. The number of nitrogens with zero attached hydrogens (tertiary/aromatic N) is 2. The number of benzene rings is 3. The van der Waals surface area contributed by atoms with Crippen molar-refractivity contribution in [3.63, 3.8) is 0 Å². The van der Waals surface area contributed by atoms with E-state index in [4.69, 9.17) is 16.0 Å². The fraction of sp³-hybridized carbons (Fsp3) is 0.179. The third kappa shape index (κ3) is 2.86. The molecule has 0 bridgehead atoms. The molecule has 2 aliphatic heterocycles. The third-order valence-electron chi connectivity index (χ3n) is 6.93. The molecule has 3 heterocycles. The second-order valence-corrected chi connectivity index (χ2v) is 9.38. The van der Waals surface area contributed by atoms with Gasteiger partial charge in [-0.1, -0.05) is 54.9 Å². The summed E-state index contributed by atoms with van der Waals surface area (Å²) in [6.07, 6.45) is 0.545. The Morgan fingerprint density at radius 3 is 2.53 bits per heavy atom. The van der Waals surface area contributed by atoms with Crippen molar-refractivity contribution in [3.8, 4) is 0 Å². The monoisotopic (exact) mass is 502 g/mol. The molecule has 8 heteroatoms. The maximum absolute atomic E-state index is 14.6. The first-order valence-electron chi connectivity index (χ1n) is 11.6. The van der Waals surface area contributed by atoms with E-state index in [1.54, 1.807) is 48.5 Å². The van der Waals surface area contributed by atoms with Gasteiger partial charge in [0.25, 0.3) is 11.8 Å². The highest BCUT2D eigenvalue weighted by Gasteiger charge is 2.64. The maximum atomic E-state index is 14.6. The Hall–Kier alpha value is -3.97. The fourth-order valence-corrected chi connectivity index (χ4v) is 5.61. The number of rotatable bonds is 4. The van der Waals surface area contributed by atoms with E-state index in [0.717, 1.165) is 0 Å². The molecule has 2 amide bonds. The zero-order valence-corrected chi connectivity index (χ0v) is 20.0. The van der Waals surface area contributed by atoms with Gasteiger partial charge in [-0.05, 0) is 36.8 Å². The van der Waals surface area contributed by atoms with E-state index in [2.05, 4.69) is 0 Å². The van der Waals surface area contributed by atoms with E-state index < -0.39 is 28.6 Å². The number of hydrogen-bond acceptors (Lipinski definition) is 4. The van der Waals surface area contributed by atoms with Crippen LogP contribution in [0.3, 0.4) is 0 Å². The number of carbonyl (C=O) groups excluding carboxylic acids is 2. The minimum Gasteiger partial charge on any atom is -0.450 e. The largest absolute Gasteiger partial charge is 0.450 e. The molecule has 0 saturated heterocycles. The molecule has 1 atom stereocenters. The van der Waals surface area contributed by atoms with Crippen molar-refractivity contribution in [1.29, 1.82) is 0 Å². The van der Waals surface area contributed by atoms with E-state index in [1.807, 2.05) is 6.92 Å². The van der Waals surface area contributed by atoms with Crippen LogP contribution in [-0.2, 0) is 16.9 Å². The number of halogens is 2. The Labute approximate surface area is 210 Å². The lowest BCUT2D eigenvalue weighted by molar-refractivity contribution is -0.126. The van der Waals surface area contributed by atoms with E-state index in [1.165, 1.54) is 28.0 Å². The fourth-order valence-electron chi connectivity index (χ4n) is 5.44. The van der Waals surface area contributed by atoms with Crippen molar-refractivity contribution < 1.29 is 18.4 Å². The van der Waals surface area contributed by atoms with Crippen LogP contribution in [-0.4, -0.2) is 23.3 Å². The quantitative estimate of drug-likeness (QED) is 0.382. The summed E-state index contributed by atoms with van der Waals surface area (Å²) in [5, 5.41) is 0.516. The lowest BCUT2D eigenvalue weighted by Gasteiger charge is -2.34. The van der Waals surface area contributed by atoms with Crippen molar-refractivity contribution in [1.82, 2.24) is 4.90 Å². The molecular formula is C28H20ClFN2O4. The zero-order chi connectivity index (χ0) is 25.2. The van der Waals surface area contributed by atoms with Gasteiger partial charge in [-0.2, -0.15) is 0 Å². The number of para-hydroxylation sites is 1. The summed E-state index contributed by atoms with van der Waals surface area (Å²) in [4.78, 5) is 45.0. The predicted molar refractivity (Wildman–Crippen MR) is 134 cm³/mol. The van der Waals surface area contributed by atoms with Gasteiger partial charge in [-0.25, -0.2) is 4.39 Å². The van der Waals surface area contributed by atoms with Gasteiger partial charge >= 0.3 is 0 Å². The van der Waals surface area contributed by atoms with E-state index in [0.29, 0.717) is 28.3 Å². The van der Waals surface area contributed by atoms with Crippen LogP contribution >= 0.6 is 11.6 Å². The molecule has 180 valence electrons. The molecule has 36 heavy (non-hydrogen) atoms. The van der Waals surface area contributed by atoms with Crippen LogP contribution in [0.5, 0.6) is 0 Å². The molecule has 0 fully saturated rings. The Balaban J connectivity index is 1.67. The second-order valence-electron chi connectivity index (χ2n) is 8.94. The minimum atomic E-state index is -1.72. The highest BCUT2D eigenvalue weighted by molar-refractivity contribution is 6.31. The van der Waals surface area contributed by atoms with Gasteiger partial charge in [-0.15, -0.1) is 0 Å². The third-order valence-corrected chi connectivity index (χ3v) is 7.17. The lowest BCUT2D eigenvalue weighted by atomic mass is 9.84. The average Bonchev–Trinajstić information content (AvgIpc) is 3.26. The van der Waals surface area contributed by atoms with E-state index in [-0.39, 0.29) is 35.4 Å². The van der Waals surface area contributed by atoms with E-state index >= 15 is 0 Å². The summed E-state index contributed by atoms with van der Waals surface area (Å²) in [5.41, 5.74) is -0.700. The maximum Gasteiger partial charge on any atom is 0.291 e. The number of carbonyl (C=O) groups is 2. The molecule has 0 radical (unpaired) electrons. The summed E-state index contributed by atoms with van der Waals surface area (Å²) >= 11 is 6.17. The predicted octanol–water partition coefficient (Wildman–Crippen LogP) is 5.24. The molecule has 0 N–H and O–H groups in total. The van der Waals surface area contributed by atoms with Crippen molar-refractivity contribution in [3.05, 3.63) is 110 Å². The van der Waals surface area contributed by atoms with Crippen LogP contribution in [0, 0.1) is 5.82 Å². The normalized spacial score (nSPS) is 18.4. The molecule has 6 rings (SSSR count). The molecule has 1 spiro atoms. The van der Waals surface area contributed by atoms with Crippen LogP contribution in [0.2, 0.25) is 5.02 Å². The van der Waals surface area contributed by atoms with Gasteiger partial charge in [0, 0.05) is 22.7 Å². The molecule has 2 aliphatic rings. The van der Waals surface area contributed by atoms with Gasteiger partial charge in [0.05, 0.1) is 23.2 Å². The summed E-state index contributed by atoms with van der Waals surface area (Å²) in [5.74, 6) is -1.63. The van der Waals surface area contributed by atoms with Crippen LogP contribution in [0.1, 0.15) is 40.6 Å². The summed E-state index contributed by atoms with van der Waals surface area (Å²) in [6.45, 7) is 2.05. The number of fused-ring (bicyclic) bond motifs is 5. The van der Waals surface area contributed by atoms with Gasteiger partial charge in [0.1, 0.15) is 11.4 Å². The Morgan fingerprint density at radius 2 is 1.75 bits per heavy atom. The summed E-state index contributed by atoms with van der Waals surface area (Å²) in [6, 6.07) is 17.8. The van der Waals surface area contributed by atoms with Gasteiger partial charge in [0.15, 0.2) is 11.0 Å². The lowest BCUT2D eigenvalue weighted by Crippen LogP contribution is -2.53. The molecule has 6 nitrogen and oxygen atoms in total. The average molecular weight is 503 g/mol. The number of anilines is 1. The minimum absolute atomic E-state index is 0.0239. The molecule has 4 aromatic rings. The Kier molecular flexibility index (Phi) is 5.02. The first-order valence-corrected chi connectivity index (χ1v) is 12.0. The van der Waals surface area contributed by atoms with Crippen molar-refractivity contribution in [2.24, 2.45) is 0 Å². The Morgan fingerprint density at radius 1 is 1.00 bits per heavy atom. The van der Waals surface area contributed by atoms with Crippen molar-refractivity contribution in [2.45, 2.75) is 25.4 Å². The highest BCUT2D eigenvalue weighted by atomic mass is 35.5. The zero-order valence-electron chi connectivity index (χ0n) is 19.3. The standard InChI is InChI=1S/C28H20ClFN2O4/c1-2-13-32-26(34)25-23(24(33)18-14-17(29)11-12-22(18)36-25)28(32)19-8-4-6-10-21(19)31(27(28)35)15-16-7-3-5-9-20(16)30/h3-12,14H,2,13,15H2,1H3. The molecule has 0 saturated carbocycles. The smallest absolute Gasteiger partial charge is 0.291 e. The molecular weight excluding hydrogens is 483 g/mol. The highest BCUT2D eigenvalue weighted by Crippen LogP contribution is 2.53. The van der Waals surface area contributed by atoms with E-state index in [9.17, 15) is 18.8 Å². The SMILES string of the molecule is CCCN1C(=O)c2oc3ccc(Cl)cc3c(=O)c2C12C(=O)N(Cc1ccccc1F)c1ccccc12. The van der Waals surface area contributed by atoms with Crippen LogP contribution in [0.25, 0.3) is 11.0 Å². The van der Waals surface area contributed by atoms with Gasteiger partial charge < -0.3 is 14.2 Å². The summed E-state index contributed by atoms with van der Waals surface area (Å²) in [7, 11) is 0. The van der Waals surface area contributed by atoms with Crippen LogP contribution in [0.4, 0.5) is 10.1 Å². The molecule has 0 aliphatic carbocycles. The van der Waals surface area contributed by atoms with Crippen molar-refractivity contribution in [2.75, 3.05) is 11.4 Å². The first-order chi connectivity index (χ1) is 17.4. The molecule has 1 unspecified atom stereocenters. The van der Waals surface area contributed by atoms with Crippen LogP contribution < -0.4 is 10.3 Å². The van der Waals surface area contributed by atoms with Gasteiger partial charge in [-0.3, -0.25) is 14.4 Å². The summed E-state index contributed by atoms with van der Waals surface area (Å²) < 4.78 is 20.6. The number of amides is 2. The Bertz CT molecular complexity index is 1650.